The summed E-state index contributed by atoms with van der Waals surface area (Å²) in [7, 11) is 0. The third kappa shape index (κ3) is 5.37. The second-order valence-electron chi connectivity index (χ2n) is 8.42. The number of halogens is 1. The molecule has 1 heterocycles. The van der Waals surface area contributed by atoms with Crippen molar-refractivity contribution in [2.75, 3.05) is 0 Å². The fourth-order valence-electron chi connectivity index (χ4n) is 4.02. The smallest absolute Gasteiger partial charge is 0.343 e. The molecule has 5 aromatic rings. The van der Waals surface area contributed by atoms with E-state index in [9.17, 15) is 9.59 Å². The molecule has 1 amide bonds. The van der Waals surface area contributed by atoms with Crippen molar-refractivity contribution < 1.29 is 14.3 Å². The zero-order valence-corrected chi connectivity index (χ0v) is 21.5. The normalized spacial score (nSPS) is 11.1. The Hall–Kier alpha value is -4.49. The lowest BCUT2D eigenvalue weighted by atomic mass is 10.0. The molecule has 2 N–H and O–H groups in total. The van der Waals surface area contributed by atoms with E-state index in [-0.39, 0.29) is 5.91 Å². The maximum atomic E-state index is 13.2. The largest absolute Gasteiger partial charge is 0.422 e. The molecule has 5 rings (SSSR count). The fourth-order valence-corrected chi connectivity index (χ4v) is 4.29. The topological polar surface area (TPSA) is 83.6 Å². The van der Waals surface area contributed by atoms with Gasteiger partial charge in [-0.25, -0.2) is 10.2 Å². The Balaban J connectivity index is 1.38. The van der Waals surface area contributed by atoms with Crippen LogP contribution >= 0.6 is 15.9 Å². The van der Waals surface area contributed by atoms with Crippen LogP contribution in [-0.2, 0) is 0 Å². The molecule has 0 atom stereocenters. The maximum Gasteiger partial charge on any atom is 0.343 e. The third-order valence-electron chi connectivity index (χ3n) is 5.81. The zero-order valence-electron chi connectivity index (χ0n) is 19.9. The standard InChI is InChI=1S/C30H22BrN3O3/c1-19-11-16-25-24(17-19)27(20-7-3-2-4-8-20)28(33-25)29(35)34-32-18-22-9-5-6-10-26(22)37-30(36)21-12-14-23(31)15-13-21/h2-18,33H,1H3,(H,34,35). The number of H-pyrrole nitrogens is 1. The minimum absolute atomic E-state index is 0.333. The quantitative estimate of drug-likeness (QED) is 0.104. The van der Waals surface area contributed by atoms with Crippen LogP contribution in [0.1, 0.15) is 32.0 Å². The number of hydrogen-bond acceptors (Lipinski definition) is 4. The van der Waals surface area contributed by atoms with Gasteiger partial charge in [-0.2, -0.15) is 5.10 Å². The number of rotatable bonds is 6. The number of benzene rings is 4. The molecular formula is C30H22BrN3O3. The minimum atomic E-state index is -0.488. The van der Waals surface area contributed by atoms with Gasteiger partial charge >= 0.3 is 5.97 Å². The molecule has 182 valence electrons. The highest BCUT2D eigenvalue weighted by Gasteiger charge is 2.19. The number of aromatic nitrogens is 1. The number of amides is 1. The van der Waals surface area contributed by atoms with Crippen LogP contribution in [0.15, 0.2) is 107 Å². The molecule has 0 spiro atoms. The number of para-hydroxylation sites is 1. The second-order valence-corrected chi connectivity index (χ2v) is 9.34. The first-order valence-corrected chi connectivity index (χ1v) is 12.4. The highest BCUT2D eigenvalue weighted by Crippen LogP contribution is 2.33. The molecule has 7 heteroatoms. The van der Waals surface area contributed by atoms with Crippen molar-refractivity contribution in [3.05, 3.63) is 124 Å². The van der Waals surface area contributed by atoms with E-state index >= 15 is 0 Å². The number of carbonyl (C=O) groups is 2. The predicted octanol–water partition coefficient (Wildman–Crippen LogP) is 6.89. The van der Waals surface area contributed by atoms with Gasteiger partial charge < -0.3 is 9.72 Å². The molecule has 0 unspecified atom stereocenters. The summed E-state index contributed by atoms with van der Waals surface area (Å²) in [4.78, 5) is 29.0. The van der Waals surface area contributed by atoms with Gasteiger partial charge in [0, 0.05) is 26.5 Å². The van der Waals surface area contributed by atoms with Crippen LogP contribution in [0.4, 0.5) is 0 Å². The van der Waals surface area contributed by atoms with Crippen molar-refractivity contribution >= 4 is 44.9 Å². The first kappa shape index (κ1) is 24.2. The average Bonchev–Trinajstić information content (AvgIpc) is 3.29. The first-order valence-electron chi connectivity index (χ1n) is 11.6. The summed E-state index contributed by atoms with van der Waals surface area (Å²) in [5, 5.41) is 5.11. The summed E-state index contributed by atoms with van der Waals surface area (Å²) >= 11 is 3.35. The van der Waals surface area contributed by atoms with Crippen LogP contribution < -0.4 is 10.2 Å². The van der Waals surface area contributed by atoms with Gasteiger partial charge in [0.15, 0.2) is 0 Å². The molecule has 0 saturated heterocycles. The Morgan fingerprint density at radius 1 is 0.919 bits per heavy atom. The second kappa shape index (κ2) is 10.6. The van der Waals surface area contributed by atoms with Crippen LogP contribution in [0.3, 0.4) is 0 Å². The maximum absolute atomic E-state index is 13.2. The summed E-state index contributed by atoms with van der Waals surface area (Å²) in [5.41, 5.74) is 7.70. The number of aromatic amines is 1. The van der Waals surface area contributed by atoms with Crippen molar-refractivity contribution in [1.82, 2.24) is 10.4 Å². The van der Waals surface area contributed by atoms with Crippen LogP contribution in [0.5, 0.6) is 5.75 Å². The molecule has 0 aliphatic carbocycles. The van der Waals surface area contributed by atoms with Gasteiger partial charge in [0.2, 0.25) is 0 Å². The van der Waals surface area contributed by atoms with Gasteiger partial charge in [-0.1, -0.05) is 70.0 Å². The zero-order chi connectivity index (χ0) is 25.8. The van der Waals surface area contributed by atoms with E-state index in [0.29, 0.717) is 22.6 Å². The van der Waals surface area contributed by atoms with Gasteiger partial charge in [-0.3, -0.25) is 4.79 Å². The molecule has 1 aromatic heterocycles. The lowest BCUT2D eigenvalue weighted by Crippen LogP contribution is -2.19. The van der Waals surface area contributed by atoms with E-state index in [1.807, 2.05) is 49.4 Å². The average molecular weight is 552 g/mol. The number of carbonyl (C=O) groups excluding carboxylic acids is 2. The van der Waals surface area contributed by atoms with E-state index in [0.717, 1.165) is 32.1 Å². The Bertz CT molecular complexity index is 1620. The number of hydrogen-bond donors (Lipinski definition) is 2. The summed E-state index contributed by atoms with van der Waals surface area (Å²) in [6, 6.07) is 29.7. The molecule has 0 saturated carbocycles. The number of nitrogens with one attached hydrogen (secondary N) is 2. The Labute approximate surface area is 222 Å². The number of nitrogens with zero attached hydrogens (tertiary/aromatic N) is 1. The monoisotopic (exact) mass is 551 g/mol. The van der Waals surface area contributed by atoms with E-state index in [1.54, 1.807) is 48.5 Å². The molecule has 0 fully saturated rings. The van der Waals surface area contributed by atoms with Crippen LogP contribution in [0.25, 0.3) is 22.0 Å². The molecule has 0 aliphatic rings. The van der Waals surface area contributed by atoms with Crippen molar-refractivity contribution in [2.45, 2.75) is 6.92 Å². The predicted molar refractivity (Wildman–Crippen MR) is 149 cm³/mol. The molecular weight excluding hydrogens is 530 g/mol. The Morgan fingerprint density at radius 2 is 1.65 bits per heavy atom. The number of ether oxygens (including phenoxy) is 1. The fraction of sp³-hybridized carbons (Fsp3) is 0.0333. The molecule has 0 radical (unpaired) electrons. The van der Waals surface area contributed by atoms with Gasteiger partial charge in [0.1, 0.15) is 11.4 Å². The summed E-state index contributed by atoms with van der Waals surface area (Å²) < 4.78 is 6.45. The van der Waals surface area contributed by atoms with Crippen molar-refractivity contribution in [1.29, 1.82) is 0 Å². The van der Waals surface area contributed by atoms with Crippen molar-refractivity contribution in [3.8, 4) is 16.9 Å². The number of fused-ring (bicyclic) bond motifs is 1. The minimum Gasteiger partial charge on any atom is -0.422 e. The number of esters is 1. The highest BCUT2D eigenvalue weighted by molar-refractivity contribution is 9.10. The van der Waals surface area contributed by atoms with Crippen molar-refractivity contribution in [3.63, 3.8) is 0 Å². The molecule has 0 bridgehead atoms. The summed E-state index contributed by atoms with van der Waals surface area (Å²) in [5.74, 6) is -0.536. The molecule has 37 heavy (non-hydrogen) atoms. The first-order chi connectivity index (χ1) is 18.0. The molecule has 4 aromatic carbocycles. The Morgan fingerprint density at radius 3 is 2.43 bits per heavy atom. The summed E-state index contributed by atoms with van der Waals surface area (Å²) in [6.45, 7) is 2.02. The van der Waals surface area contributed by atoms with E-state index < -0.39 is 5.97 Å². The van der Waals surface area contributed by atoms with Gasteiger partial charge in [-0.05, 0) is 61.0 Å². The van der Waals surface area contributed by atoms with Crippen molar-refractivity contribution in [2.24, 2.45) is 5.10 Å². The highest BCUT2D eigenvalue weighted by atomic mass is 79.9. The van der Waals surface area contributed by atoms with Crippen LogP contribution in [-0.4, -0.2) is 23.1 Å². The van der Waals surface area contributed by atoms with Crippen LogP contribution in [0, 0.1) is 6.92 Å². The van der Waals surface area contributed by atoms with E-state index in [4.69, 9.17) is 4.74 Å². The van der Waals surface area contributed by atoms with Gasteiger partial charge in [-0.15, -0.1) is 0 Å². The van der Waals surface area contributed by atoms with Gasteiger partial charge in [0.05, 0.1) is 11.8 Å². The molecule has 0 aliphatic heterocycles. The van der Waals surface area contributed by atoms with E-state index in [2.05, 4.69) is 37.5 Å². The lowest BCUT2D eigenvalue weighted by molar-refractivity contribution is 0.0734. The number of hydrazone groups is 1. The van der Waals surface area contributed by atoms with E-state index in [1.165, 1.54) is 6.21 Å². The lowest BCUT2D eigenvalue weighted by Gasteiger charge is -2.07. The Kier molecular flexibility index (Phi) is 6.96. The number of aryl methyl sites for hydroxylation is 1. The SMILES string of the molecule is Cc1ccc2[nH]c(C(=O)NN=Cc3ccccc3OC(=O)c3ccc(Br)cc3)c(-c3ccccc3)c2c1. The third-order valence-corrected chi connectivity index (χ3v) is 6.34. The summed E-state index contributed by atoms with van der Waals surface area (Å²) in [6.07, 6.45) is 1.46. The van der Waals surface area contributed by atoms with Gasteiger partial charge in [0.25, 0.3) is 5.91 Å². The molecule has 6 nitrogen and oxygen atoms in total. The van der Waals surface area contributed by atoms with Crippen LogP contribution in [0.2, 0.25) is 0 Å².